The van der Waals surface area contributed by atoms with Crippen LogP contribution in [-0.4, -0.2) is 29.0 Å². The maximum atomic E-state index is 13.1. The number of amides is 3. The molecule has 0 saturated heterocycles. The highest BCUT2D eigenvalue weighted by molar-refractivity contribution is 6.30. The summed E-state index contributed by atoms with van der Waals surface area (Å²) in [5, 5.41) is 6.19. The number of rotatable bonds is 4. The molecular formula is C24H28ClN3O3. The Morgan fingerprint density at radius 2 is 1.84 bits per heavy atom. The number of hydrogen-bond donors (Lipinski definition) is 2. The van der Waals surface area contributed by atoms with Crippen LogP contribution in [0.25, 0.3) is 0 Å². The molecule has 31 heavy (non-hydrogen) atoms. The third-order valence-electron chi connectivity index (χ3n) is 5.96. The highest BCUT2D eigenvalue weighted by Gasteiger charge is 2.34. The molecule has 0 aromatic heterocycles. The van der Waals surface area contributed by atoms with Crippen molar-refractivity contribution in [1.29, 1.82) is 0 Å². The average molecular weight is 442 g/mol. The van der Waals surface area contributed by atoms with E-state index in [2.05, 4.69) is 10.6 Å². The zero-order chi connectivity index (χ0) is 21.8. The van der Waals surface area contributed by atoms with Crippen molar-refractivity contribution < 1.29 is 14.3 Å². The minimum Gasteiger partial charge on any atom is -0.480 e. The summed E-state index contributed by atoms with van der Waals surface area (Å²) < 4.78 is 6.07. The largest absolute Gasteiger partial charge is 0.480 e. The summed E-state index contributed by atoms with van der Waals surface area (Å²) >= 11 is 5.98. The molecule has 1 aliphatic heterocycles. The molecule has 6 nitrogen and oxygen atoms in total. The van der Waals surface area contributed by atoms with E-state index < -0.39 is 6.10 Å². The fourth-order valence-electron chi connectivity index (χ4n) is 4.37. The number of urea groups is 1. The Morgan fingerprint density at radius 3 is 2.55 bits per heavy atom. The van der Waals surface area contributed by atoms with E-state index in [9.17, 15) is 9.59 Å². The fourth-order valence-corrected chi connectivity index (χ4v) is 4.56. The summed E-state index contributed by atoms with van der Waals surface area (Å²) in [4.78, 5) is 27.6. The number of anilines is 2. The van der Waals surface area contributed by atoms with Gasteiger partial charge in [-0.15, -0.1) is 0 Å². The van der Waals surface area contributed by atoms with Crippen molar-refractivity contribution in [2.45, 2.75) is 64.1 Å². The fraction of sp³-hybridized carbons (Fsp3) is 0.417. The summed E-state index contributed by atoms with van der Waals surface area (Å²) in [7, 11) is 0. The number of halogens is 1. The smallest absolute Gasteiger partial charge is 0.323 e. The predicted molar refractivity (Wildman–Crippen MR) is 123 cm³/mol. The number of nitrogens with zero attached hydrogens (tertiary/aromatic N) is 1. The lowest BCUT2D eigenvalue weighted by Gasteiger charge is -2.34. The van der Waals surface area contributed by atoms with Crippen molar-refractivity contribution >= 4 is 34.9 Å². The molecule has 1 saturated carbocycles. The van der Waals surface area contributed by atoms with Gasteiger partial charge in [-0.2, -0.15) is 0 Å². The van der Waals surface area contributed by atoms with Crippen molar-refractivity contribution in [3.8, 4) is 5.75 Å². The van der Waals surface area contributed by atoms with Gasteiger partial charge in [-0.25, -0.2) is 4.79 Å². The van der Waals surface area contributed by atoms with Crippen LogP contribution in [0, 0.1) is 0 Å². The molecule has 2 N–H and O–H groups in total. The van der Waals surface area contributed by atoms with E-state index in [0.717, 1.165) is 31.2 Å². The molecule has 4 rings (SSSR count). The van der Waals surface area contributed by atoms with Crippen LogP contribution < -0.4 is 15.4 Å². The number of hydrogen-bond acceptors (Lipinski definition) is 3. The van der Waals surface area contributed by atoms with Gasteiger partial charge in [0.15, 0.2) is 6.10 Å². The van der Waals surface area contributed by atoms with Crippen LogP contribution in [0.2, 0.25) is 5.02 Å². The normalized spacial score (nSPS) is 19.2. The summed E-state index contributed by atoms with van der Waals surface area (Å²) in [6.45, 7) is 2.48. The first-order chi connectivity index (χ1) is 15.0. The van der Waals surface area contributed by atoms with Crippen LogP contribution in [0.3, 0.4) is 0 Å². The molecule has 2 aliphatic rings. The molecule has 2 aromatic rings. The van der Waals surface area contributed by atoms with Crippen molar-refractivity contribution in [1.82, 2.24) is 4.90 Å². The number of benzene rings is 2. The zero-order valence-corrected chi connectivity index (χ0v) is 18.5. The maximum Gasteiger partial charge on any atom is 0.323 e. The third kappa shape index (κ3) is 5.13. The second-order valence-corrected chi connectivity index (χ2v) is 8.62. The van der Waals surface area contributed by atoms with Gasteiger partial charge in [0.05, 0.1) is 0 Å². The van der Waals surface area contributed by atoms with Gasteiger partial charge >= 0.3 is 6.03 Å². The maximum absolute atomic E-state index is 13.1. The lowest BCUT2D eigenvalue weighted by atomic mass is 9.93. The van der Waals surface area contributed by atoms with E-state index in [0.29, 0.717) is 35.1 Å². The molecule has 2 aromatic carbocycles. The predicted octanol–water partition coefficient (Wildman–Crippen LogP) is 5.82. The van der Waals surface area contributed by atoms with E-state index >= 15 is 0 Å². The van der Waals surface area contributed by atoms with E-state index in [1.807, 2.05) is 24.0 Å². The molecule has 0 bridgehead atoms. The number of nitrogens with one attached hydrogen (secondary N) is 2. The molecule has 0 radical (unpaired) electrons. The first-order valence-electron chi connectivity index (χ1n) is 11.0. The molecule has 1 fully saturated rings. The van der Waals surface area contributed by atoms with Gasteiger partial charge in [-0.3, -0.25) is 4.79 Å². The number of carbonyl (C=O) groups excluding carboxylic acids is 2. The van der Waals surface area contributed by atoms with Gasteiger partial charge in [0.2, 0.25) is 0 Å². The summed E-state index contributed by atoms with van der Waals surface area (Å²) in [6, 6.07) is 12.4. The molecule has 1 heterocycles. The van der Waals surface area contributed by atoms with E-state index in [-0.39, 0.29) is 18.0 Å². The van der Waals surface area contributed by atoms with Gasteiger partial charge in [0, 0.05) is 34.5 Å². The lowest BCUT2D eigenvalue weighted by molar-refractivity contribution is -0.141. The molecular weight excluding hydrogens is 414 g/mol. The van der Waals surface area contributed by atoms with Crippen LogP contribution in [0.5, 0.6) is 5.75 Å². The molecule has 1 unspecified atom stereocenters. The minimum atomic E-state index is -0.465. The summed E-state index contributed by atoms with van der Waals surface area (Å²) in [5.41, 5.74) is 2.17. The number of carbonyl (C=O) groups is 2. The van der Waals surface area contributed by atoms with Gasteiger partial charge in [0.1, 0.15) is 5.75 Å². The zero-order valence-electron chi connectivity index (χ0n) is 17.7. The molecule has 3 amide bonds. The Bertz CT molecular complexity index is 959. The summed E-state index contributed by atoms with van der Waals surface area (Å²) in [6.07, 6.45) is 5.79. The highest BCUT2D eigenvalue weighted by atomic mass is 35.5. The van der Waals surface area contributed by atoms with Crippen molar-refractivity contribution in [3.05, 3.63) is 53.1 Å². The standard InChI is InChI=1S/C24H28ClN3O3/c1-2-21-23(29)28(20-9-4-3-5-10-20)15-16-13-19(11-12-22(16)31-21)27-24(30)26-18-8-6-7-17(25)14-18/h6-8,11-14,20-21H,2-5,9-10,15H2,1H3,(H2,26,27,30). The van der Waals surface area contributed by atoms with E-state index in [4.69, 9.17) is 16.3 Å². The van der Waals surface area contributed by atoms with Crippen molar-refractivity contribution in [3.63, 3.8) is 0 Å². The van der Waals surface area contributed by atoms with Crippen LogP contribution in [0.15, 0.2) is 42.5 Å². The quantitative estimate of drug-likeness (QED) is 0.628. The van der Waals surface area contributed by atoms with E-state index in [1.165, 1.54) is 6.42 Å². The monoisotopic (exact) mass is 441 g/mol. The Labute approximate surface area is 187 Å². The van der Waals surface area contributed by atoms with Gasteiger partial charge in [0.25, 0.3) is 5.91 Å². The Morgan fingerprint density at radius 1 is 1.10 bits per heavy atom. The minimum absolute atomic E-state index is 0.0683. The molecule has 1 aliphatic carbocycles. The highest BCUT2D eigenvalue weighted by Crippen LogP contribution is 2.33. The van der Waals surface area contributed by atoms with Crippen LogP contribution in [0.1, 0.15) is 51.0 Å². The van der Waals surface area contributed by atoms with Crippen LogP contribution in [0.4, 0.5) is 16.2 Å². The second-order valence-electron chi connectivity index (χ2n) is 8.18. The SMILES string of the molecule is CCC1Oc2ccc(NC(=O)Nc3cccc(Cl)c3)cc2CN(C2CCCCC2)C1=O. The first-order valence-corrected chi connectivity index (χ1v) is 11.3. The van der Waals surface area contributed by atoms with Crippen LogP contribution >= 0.6 is 11.6 Å². The molecule has 0 spiro atoms. The van der Waals surface area contributed by atoms with Gasteiger partial charge in [-0.05, 0) is 55.7 Å². The average Bonchev–Trinajstić information content (AvgIpc) is 2.90. The Balaban J connectivity index is 1.52. The van der Waals surface area contributed by atoms with E-state index in [1.54, 1.807) is 30.3 Å². The second kappa shape index (κ2) is 9.60. The molecule has 1 atom stereocenters. The number of ether oxygens (including phenoxy) is 1. The summed E-state index contributed by atoms with van der Waals surface area (Å²) in [5.74, 6) is 0.776. The Kier molecular flexibility index (Phi) is 6.66. The lowest BCUT2D eigenvalue weighted by Crippen LogP contribution is -2.45. The number of fused-ring (bicyclic) bond motifs is 1. The third-order valence-corrected chi connectivity index (χ3v) is 6.19. The van der Waals surface area contributed by atoms with Crippen molar-refractivity contribution in [2.75, 3.05) is 10.6 Å². The van der Waals surface area contributed by atoms with Crippen LogP contribution in [-0.2, 0) is 11.3 Å². The topological polar surface area (TPSA) is 70.7 Å². The molecule has 7 heteroatoms. The Hall–Kier alpha value is -2.73. The first kappa shape index (κ1) is 21.5. The van der Waals surface area contributed by atoms with Gasteiger partial charge in [-0.1, -0.05) is 43.9 Å². The van der Waals surface area contributed by atoms with Crippen molar-refractivity contribution in [2.24, 2.45) is 0 Å². The van der Waals surface area contributed by atoms with Gasteiger partial charge < -0.3 is 20.3 Å². The molecule has 164 valence electrons.